The van der Waals surface area contributed by atoms with Crippen molar-refractivity contribution in [1.29, 1.82) is 0 Å². The Kier molecular flexibility index (Phi) is 4.23. The molecular weight excluding hydrogens is 286 g/mol. The van der Waals surface area contributed by atoms with Crippen LogP contribution in [0.1, 0.15) is 21.5 Å². The molecule has 0 atom stereocenters. The van der Waals surface area contributed by atoms with Crippen LogP contribution in [-0.2, 0) is 6.42 Å². The van der Waals surface area contributed by atoms with E-state index in [0.717, 1.165) is 5.56 Å². The number of hydrogen-bond donors (Lipinski definition) is 0. The molecule has 2 rings (SSSR count). The highest BCUT2D eigenvalue weighted by molar-refractivity contribution is 6.31. The van der Waals surface area contributed by atoms with Gasteiger partial charge in [0.2, 0.25) is 0 Å². The lowest BCUT2D eigenvalue weighted by molar-refractivity contribution is 0.0991. The standard InChI is InChI=1S/C15H11Cl2FO/c1-9-4-11(6-13(17)5-9)15(19)7-10-2-3-12(16)8-14(10)18/h2-6,8H,7H2,1H3. The Morgan fingerprint density at radius 2 is 1.84 bits per heavy atom. The van der Waals surface area contributed by atoms with Crippen molar-refractivity contribution in [1.82, 2.24) is 0 Å². The minimum absolute atomic E-state index is 0.0111. The SMILES string of the molecule is Cc1cc(Cl)cc(C(=O)Cc2ccc(Cl)cc2F)c1. The van der Waals surface area contributed by atoms with Crippen molar-refractivity contribution < 1.29 is 9.18 Å². The molecule has 0 bridgehead atoms. The number of halogens is 3. The summed E-state index contributed by atoms with van der Waals surface area (Å²) in [5.41, 5.74) is 1.71. The van der Waals surface area contributed by atoms with Crippen LogP contribution in [0.2, 0.25) is 10.0 Å². The van der Waals surface area contributed by atoms with Crippen LogP contribution in [0.4, 0.5) is 4.39 Å². The van der Waals surface area contributed by atoms with E-state index in [0.29, 0.717) is 21.2 Å². The van der Waals surface area contributed by atoms with Crippen molar-refractivity contribution in [3.63, 3.8) is 0 Å². The van der Waals surface area contributed by atoms with Crippen molar-refractivity contribution >= 4 is 29.0 Å². The van der Waals surface area contributed by atoms with Gasteiger partial charge in [-0.25, -0.2) is 4.39 Å². The third kappa shape index (κ3) is 3.55. The summed E-state index contributed by atoms with van der Waals surface area (Å²) >= 11 is 11.6. The van der Waals surface area contributed by atoms with Crippen LogP contribution in [0.5, 0.6) is 0 Å². The Bertz CT molecular complexity index is 618. The fourth-order valence-electron chi connectivity index (χ4n) is 1.84. The molecule has 0 aliphatic heterocycles. The fraction of sp³-hybridized carbons (Fsp3) is 0.133. The Labute approximate surface area is 121 Å². The zero-order valence-corrected chi connectivity index (χ0v) is 11.7. The minimum atomic E-state index is -0.473. The molecule has 0 radical (unpaired) electrons. The van der Waals surface area contributed by atoms with Gasteiger partial charge in [-0.15, -0.1) is 0 Å². The van der Waals surface area contributed by atoms with Gasteiger partial charge in [0.05, 0.1) is 0 Å². The van der Waals surface area contributed by atoms with Crippen molar-refractivity contribution in [3.05, 3.63) is 69.0 Å². The Hall–Kier alpha value is -1.38. The molecule has 0 saturated carbocycles. The summed E-state index contributed by atoms with van der Waals surface area (Å²) in [7, 11) is 0. The smallest absolute Gasteiger partial charge is 0.167 e. The number of ketones is 1. The molecule has 0 aliphatic carbocycles. The second-order valence-electron chi connectivity index (χ2n) is 4.35. The molecule has 0 heterocycles. The van der Waals surface area contributed by atoms with Gasteiger partial charge in [-0.2, -0.15) is 0 Å². The second-order valence-corrected chi connectivity index (χ2v) is 5.23. The largest absolute Gasteiger partial charge is 0.294 e. The lowest BCUT2D eigenvalue weighted by Gasteiger charge is -2.05. The fourth-order valence-corrected chi connectivity index (χ4v) is 2.29. The van der Waals surface area contributed by atoms with Crippen molar-refractivity contribution in [2.75, 3.05) is 0 Å². The van der Waals surface area contributed by atoms with E-state index in [1.54, 1.807) is 24.3 Å². The highest BCUT2D eigenvalue weighted by atomic mass is 35.5. The molecule has 2 aromatic carbocycles. The molecule has 19 heavy (non-hydrogen) atoms. The first-order valence-corrected chi connectivity index (χ1v) is 6.45. The van der Waals surface area contributed by atoms with Gasteiger partial charge in [-0.05, 0) is 48.4 Å². The molecule has 0 aliphatic rings. The molecule has 0 saturated heterocycles. The predicted molar refractivity (Wildman–Crippen MR) is 75.6 cm³/mol. The molecular formula is C15H11Cl2FO. The van der Waals surface area contributed by atoms with Crippen LogP contribution in [0.15, 0.2) is 36.4 Å². The molecule has 0 fully saturated rings. The first-order chi connectivity index (χ1) is 8.95. The molecule has 0 unspecified atom stereocenters. The average Bonchev–Trinajstić information content (AvgIpc) is 2.31. The highest BCUT2D eigenvalue weighted by Gasteiger charge is 2.12. The number of carbonyl (C=O) groups is 1. The van der Waals surface area contributed by atoms with Gasteiger partial charge in [0.25, 0.3) is 0 Å². The normalized spacial score (nSPS) is 10.5. The third-order valence-electron chi connectivity index (χ3n) is 2.73. The summed E-state index contributed by atoms with van der Waals surface area (Å²) in [4.78, 5) is 12.1. The summed E-state index contributed by atoms with van der Waals surface area (Å²) in [5.74, 6) is -0.647. The van der Waals surface area contributed by atoms with E-state index in [1.165, 1.54) is 12.1 Å². The van der Waals surface area contributed by atoms with Gasteiger partial charge in [0, 0.05) is 22.0 Å². The van der Waals surface area contributed by atoms with E-state index in [-0.39, 0.29) is 12.2 Å². The first kappa shape index (κ1) is 14.0. The van der Waals surface area contributed by atoms with E-state index in [4.69, 9.17) is 23.2 Å². The molecule has 0 amide bonds. The van der Waals surface area contributed by atoms with Crippen molar-refractivity contribution in [2.45, 2.75) is 13.3 Å². The van der Waals surface area contributed by atoms with Gasteiger partial charge >= 0.3 is 0 Å². The van der Waals surface area contributed by atoms with E-state index in [9.17, 15) is 9.18 Å². The number of aryl methyl sites for hydroxylation is 1. The van der Waals surface area contributed by atoms with Gasteiger partial charge in [0.1, 0.15) is 5.82 Å². The lowest BCUT2D eigenvalue weighted by atomic mass is 10.0. The molecule has 98 valence electrons. The maximum Gasteiger partial charge on any atom is 0.167 e. The number of Topliss-reactive ketones (excluding diaryl/α,β-unsaturated/α-hetero) is 1. The second kappa shape index (κ2) is 5.72. The summed E-state index contributed by atoms with van der Waals surface area (Å²) in [6, 6.07) is 9.38. The Morgan fingerprint density at radius 1 is 1.11 bits per heavy atom. The zero-order valence-electron chi connectivity index (χ0n) is 10.2. The Morgan fingerprint density at radius 3 is 2.47 bits per heavy atom. The topological polar surface area (TPSA) is 17.1 Å². The van der Waals surface area contributed by atoms with Gasteiger partial charge in [0.15, 0.2) is 5.78 Å². The molecule has 4 heteroatoms. The lowest BCUT2D eigenvalue weighted by Crippen LogP contribution is -2.05. The van der Waals surface area contributed by atoms with Gasteiger partial charge in [-0.3, -0.25) is 4.79 Å². The summed E-state index contributed by atoms with van der Waals surface area (Å²) < 4.78 is 13.6. The van der Waals surface area contributed by atoms with E-state index in [2.05, 4.69) is 0 Å². The van der Waals surface area contributed by atoms with Crippen molar-refractivity contribution in [2.24, 2.45) is 0 Å². The number of hydrogen-bond acceptors (Lipinski definition) is 1. The molecule has 2 aromatic rings. The highest BCUT2D eigenvalue weighted by Crippen LogP contribution is 2.19. The monoisotopic (exact) mass is 296 g/mol. The maximum absolute atomic E-state index is 13.6. The van der Waals surface area contributed by atoms with E-state index in [1.807, 2.05) is 6.92 Å². The summed E-state index contributed by atoms with van der Waals surface area (Å²) in [5, 5.41) is 0.812. The maximum atomic E-state index is 13.6. The van der Waals surface area contributed by atoms with Crippen LogP contribution < -0.4 is 0 Å². The third-order valence-corrected chi connectivity index (χ3v) is 3.18. The number of carbonyl (C=O) groups excluding carboxylic acids is 1. The summed E-state index contributed by atoms with van der Waals surface area (Å²) in [6.07, 6.45) is -0.0111. The van der Waals surface area contributed by atoms with Crippen molar-refractivity contribution in [3.8, 4) is 0 Å². The molecule has 0 spiro atoms. The van der Waals surface area contributed by atoms with E-state index < -0.39 is 5.82 Å². The molecule has 0 N–H and O–H groups in total. The van der Waals surface area contributed by atoms with Crippen LogP contribution in [0.25, 0.3) is 0 Å². The first-order valence-electron chi connectivity index (χ1n) is 5.70. The average molecular weight is 297 g/mol. The number of rotatable bonds is 3. The van der Waals surface area contributed by atoms with Gasteiger partial charge < -0.3 is 0 Å². The zero-order chi connectivity index (χ0) is 14.0. The van der Waals surface area contributed by atoms with Crippen LogP contribution in [-0.4, -0.2) is 5.78 Å². The van der Waals surface area contributed by atoms with Crippen LogP contribution >= 0.6 is 23.2 Å². The van der Waals surface area contributed by atoms with Crippen LogP contribution in [0, 0.1) is 12.7 Å². The molecule has 1 nitrogen and oxygen atoms in total. The predicted octanol–water partition coefficient (Wildman–Crippen LogP) is 4.87. The Balaban J connectivity index is 2.25. The number of benzene rings is 2. The molecule has 0 aromatic heterocycles. The van der Waals surface area contributed by atoms with E-state index >= 15 is 0 Å². The van der Waals surface area contributed by atoms with Gasteiger partial charge in [-0.1, -0.05) is 29.3 Å². The quantitative estimate of drug-likeness (QED) is 0.739. The minimum Gasteiger partial charge on any atom is -0.294 e. The van der Waals surface area contributed by atoms with Crippen LogP contribution in [0.3, 0.4) is 0 Å². The summed E-state index contributed by atoms with van der Waals surface area (Å²) in [6.45, 7) is 1.85.